The van der Waals surface area contributed by atoms with Crippen molar-refractivity contribution in [1.29, 1.82) is 0 Å². The zero-order valence-electron chi connectivity index (χ0n) is 15.2. The number of aryl methyl sites for hydroxylation is 1. The molecule has 0 aromatic heterocycles. The second-order valence-electron chi connectivity index (χ2n) is 5.96. The van der Waals surface area contributed by atoms with E-state index in [2.05, 4.69) is 6.92 Å². The number of carboxylic acids is 1. The maximum absolute atomic E-state index is 12.7. The summed E-state index contributed by atoms with van der Waals surface area (Å²) in [5, 5.41) is 9.65. The fraction of sp³-hybridized carbons (Fsp3) is 0.190. The van der Waals surface area contributed by atoms with Crippen LogP contribution in [0.4, 0.5) is 5.69 Å². The maximum atomic E-state index is 12.7. The van der Waals surface area contributed by atoms with Crippen LogP contribution >= 0.6 is 11.8 Å². The normalized spacial score (nSPS) is 17.1. The molecule has 6 heteroatoms. The first-order chi connectivity index (χ1) is 13.0. The standard InChI is InChI=1S/C21H20N2O3S/c1-3-15-7-5-6-8-17(15)22-21-23(4-2)19(24)18(27-21)13-14-9-11-16(12-10-14)20(25)26/h5-13H,3-4H2,1-2H3,(H,25,26)/b18-13+,22-21?. The average molecular weight is 380 g/mol. The number of hydrogen-bond donors (Lipinski definition) is 1. The van der Waals surface area contributed by atoms with Gasteiger partial charge in [0.25, 0.3) is 5.91 Å². The Morgan fingerprint density at radius 2 is 1.85 bits per heavy atom. The molecule has 2 aromatic rings. The maximum Gasteiger partial charge on any atom is 0.335 e. The number of aromatic carboxylic acids is 1. The van der Waals surface area contributed by atoms with Gasteiger partial charge < -0.3 is 5.11 Å². The van der Waals surface area contributed by atoms with E-state index in [0.29, 0.717) is 16.6 Å². The van der Waals surface area contributed by atoms with Crippen molar-refractivity contribution in [3.8, 4) is 0 Å². The van der Waals surface area contributed by atoms with Crippen LogP contribution in [0.1, 0.15) is 35.3 Å². The molecule has 0 unspecified atom stereocenters. The van der Waals surface area contributed by atoms with Gasteiger partial charge >= 0.3 is 5.97 Å². The third kappa shape index (κ3) is 4.11. The van der Waals surface area contributed by atoms with Crippen molar-refractivity contribution in [2.24, 2.45) is 4.99 Å². The summed E-state index contributed by atoms with van der Waals surface area (Å²) >= 11 is 1.34. The number of aliphatic imine (C=N–C) groups is 1. The number of benzene rings is 2. The first-order valence-corrected chi connectivity index (χ1v) is 9.56. The van der Waals surface area contributed by atoms with Crippen LogP contribution < -0.4 is 0 Å². The number of thioether (sulfide) groups is 1. The number of para-hydroxylation sites is 1. The summed E-state index contributed by atoms with van der Waals surface area (Å²) in [6, 6.07) is 14.4. The summed E-state index contributed by atoms with van der Waals surface area (Å²) in [5.41, 5.74) is 3.01. The molecule has 1 saturated heterocycles. The van der Waals surface area contributed by atoms with Crippen molar-refractivity contribution < 1.29 is 14.7 Å². The molecule has 0 spiro atoms. The molecule has 0 saturated carbocycles. The Balaban J connectivity index is 1.92. The summed E-state index contributed by atoms with van der Waals surface area (Å²) in [5.74, 6) is -1.06. The second-order valence-corrected chi connectivity index (χ2v) is 6.97. The molecule has 0 bridgehead atoms. The lowest BCUT2D eigenvalue weighted by Gasteiger charge is -2.12. The van der Waals surface area contributed by atoms with E-state index in [-0.39, 0.29) is 11.5 Å². The molecule has 5 nitrogen and oxygen atoms in total. The number of carbonyl (C=O) groups is 2. The largest absolute Gasteiger partial charge is 0.478 e. The summed E-state index contributed by atoms with van der Waals surface area (Å²) < 4.78 is 0. The lowest BCUT2D eigenvalue weighted by Crippen LogP contribution is -2.28. The molecule has 1 aliphatic heterocycles. The molecule has 0 atom stereocenters. The second kappa shape index (κ2) is 8.22. The third-order valence-corrected chi connectivity index (χ3v) is 5.25. The van der Waals surface area contributed by atoms with E-state index in [0.717, 1.165) is 23.2 Å². The molecule has 0 aliphatic carbocycles. The predicted octanol–water partition coefficient (Wildman–Crippen LogP) is 4.57. The Hall–Kier alpha value is -2.86. The molecule has 1 heterocycles. The fourth-order valence-corrected chi connectivity index (χ4v) is 3.82. The van der Waals surface area contributed by atoms with E-state index in [9.17, 15) is 9.59 Å². The van der Waals surface area contributed by atoms with Crippen LogP contribution in [0.2, 0.25) is 0 Å². The summed E-state index contributed by atoms with van der Waals surface area (Å²) in [6.07, 6.45) is 2.64. The van der Waals surface area contributed by atoms with Gasteiger partial charge in [-0.1, -0.05) is 37.3 Å². The van der Waals surface area contributed by atoms with Crippen LogP contribution in [0.15, 0.2) is 58.4 Å². The Bertz CT molecular complexity index is 933. The van der Waals surface area contributed by atoms with Crippen molar-refractivity contribution >= 4 is 40.6 Å². The van der Waals surface area contributed by atoms with Gasteiger partial charge in [-0.15, -0.1) is 0 Å². The highest BCUT2D eigenvalue weighted by Crippen LogP contribution is 2.34. The van der Waals surface area contributed by atoms with Gasteiger partial charge in [-0.3, -0.25) is 9.69 Å². The monoisotopic (exact) mass is 380 g/mol. The highest BCUT2D eigenvalue weighted by molar-refractivity contribution is 8.18. The zero-order chi connectivity index (χ0) is 19.4. The van der Waals surface area contributed by atoms with Crippen LogP contribution in [0.5, 0.6) is 0 Å². The van der Waals surface area contributed by atoms with Crippen molar-refractivity contribution in [1.82, 2.24) is 4.90 Å². The van der Waals surface area contributed by atoms with Crippen LogP contribution in [0.3, 0.4) is 0 Å². The summed E-state index contributed by atoms with van der Waals surface area (Å²) in [4.78, 5) is 30.7. The van der Waals surface area contributed by atoms with Gasteiger partial charge in [0.2, 0.25) is 0 Å². The van der Waals surface area contributed by atoms with Gasteiger partial charge in [-0.05, 0) is 60.5 Å². The molecule has 1 fully saturated rings. The summed E-state index contributed by atoms with van der Waals surface area (Å²) in [7, 11) is 0. The van der Waals surface area contributed by atoms with Crippen molar-refractivity contribution in [2.75, 3.05) is 6.54 Å². The highest BCUT2D eigenvalue weighted by Gasteiger charge is 2.32. The molecule has 138 valence electrons. The molecule has 27 heavy (non-hydrogen) atoms. The Labute approximate surface area is 162 Å². The van der Waals surface area contributed by atoms with Gasteiger partial charge in [0, 0.05) is 6.54 Å². The quantitative estimate of drug-likeness (QED) is 0.772. The zero-order valence-corrected chi connectivity index (χ0v) is 16.0. The molecular formula is C21H20N2O3S. The van der Waals surface area contributed by atoms with Crippen molar-refractivity contribution in [2.45, 2.75) is 20.3 Å². The third-order valence-electron chi connectivity index (χ3n) is 4.25. The SMILES string of the molecule is CCc1ccccc1N=C1S/C(=C/c2ccc(C(=O)O)cc2)C(=O)N1CC. The minimum absolute atomic E-state index is 0.0856. The number of nitrogens with zero attached hydrogens (tertiary/aromatic N) is 2. The Morgan fingerprint density at radius 3 is 2.48 bits per heavy atom. The molecule has 1 N–H and O–H groups in total. The number of rotatable bonds is 5. The minimum atomic E-state index is -0.971. The highest BCUT2D eigenvalue weighted by atomic mass is 32.2. The Kier molecular flexibility index (Phi) is 5.76. The molecule has 3 rings (SSSR count). The van der Waals surface area contributed by atoms with Crippen molar-refractivity contribution in [3.63, 3.8) is 0 Å². The number of carboxylic acid groups (broad SMARTS) is 1. The lowest BCUT2D eigenvalue weighted by atomic mass is 10.1. The first kappa shape index (κ1) is 18.9. The number of likely N-dealkylation sites (N-methyl/N-ethyl adjacent to an activating group) is 1. The van der Waals surface area contributed by atoms with Crippen LogP contribution in [-0.2, 0) is 11.2 Å². The van der Waals surface area contributed by atoms with Crippen LogP contribution in [-0.4, -0.2) is 33.6 Å². The number of amidine groups is 1. The van der Waals surface area contributed by atoms with E-state index in [4.69, 9.17) is 10.1 Å². The Morgan fingerprint density at radius 1 is 1.15 bits per heavy atom. The van der Waals surface area contributed by atoms with E-state index in [1.165, 1.54) is 23.9 Å². The minimum Gasteiger partial charge on any atom is -0.478 e. The number of amides is 1. The van der Waals surface area contributed by atoms with Gasteiger partial charge in [0.1, 0.15) is 0 Å². The van der Waals surface area contributed by atoms with Crippen molar-refractivity contribution in [3.05, 3.63) is 70.1 Å². The number of hydrogen-bond acceptors (Lipinski definition) is 4. The van der Waals surface area contributed by atoms with E-state index >= 15 is 0 Å². The molecule has 0 radical (unpaired) electrons. The van der Waals surface area contributed by atoms with E-state index in [1.54, 1.807) is 23.1 Å². The van der Waals surface area contributed by atoms with Crippen LogP contribution in [0.25, 0.3) is 6.08 Å². The van der Waals surface area contributed by atoms with E-state index < -0.39 is 5.97 Å². The van der Waals surface area contributed by atoms with Gasteiger partial charge in [0.05, 0.1) is 16.2 Å². The molecule has 1 amide bonds. The van der Waals surface area contributed by atoms with E-state index in [1.807, 2.05) is 31.2 Å². The van der Waals surface area contributed by atoms with Gasteiger partial charge in [-0.25, -0.2) is 9.79 Å². The fourth-order valence-electron chi connectivity index (χ4n) is 2.77. The predicted molar refractivity (Wildman–Crippen MR) is 109 cm³/mol. The van der Waals surface area contributed by atoms with Crippen LogP contribution in [0, 0.1) is 0 Å². The first-order valence-electron chi connectivity index (χ1n) is 8.74. The summed E-state index contributed by atoms with van der Waals surface area (Å²) in [6.45, 7) is 4.54. The van der Waals surface area contributed by atoms with Gasteiger partial charge in [0.15, 0.2) is 5.17 Å². The molecule has 2 aromatic carbocycles. The average Bonchev–Trinajstić information content (AvgIpc) is 2.97. The lowest BCUT2D eigenvalue weighted by molar-refractivity contribution is -0.122. The molecular weight excluding hydrogens is 360 g/mol. The smallest absolute Gasteiger partial charge is 0.335 e. The molecule has 1 aliphatic rings. The number of carbonyl (C=O) groups excluding carboxylic acids is 1. The topological polar surface area (TPSA) is 70.0 Å². The van der Waals surface area contributed by atoms with Gasteiger partial charge in [-0.2, -0.15) is 0 Å².